The monoisotopic (exact) mass is 466 g/mol. The third-order valence-electron chi connectivity index (χ3n) is 6.30. The second-order valence-electron chi connectivity index (χ2n) is 8.70. The van der Waals surface area contributed by atoms with Crippen LogP contribution in [0.3, 0.4) is 0 Å². The van der Waals surface area contributed by atoms with E-state index in [9.17, 15) is 14.4 Å². The van der Waals surface area contributed by atoms with E-state index in [1.807, 2.05) is 12.1 Å². The molecule has 1 atom stereocenters. The van der Waals surface area contributed by atoms with Gasteiger partial charge in [0.2, 0.25) is 5.91 Å². The van der Waals surface area contributed by atoms with E-state index in [0.717, 1.165) is 41.5 Å². The molecule has 2 amide bonds. The van der Waals surface area contributed by atoms with Gasteiger partial charge in [0.25, 0.3) is 11.5 Å². The molecule has 9 heteroatoms. The van der Waals surface area contributed by atoms with Gasteiger partial charge in [-0.1, -0.05) is 12.1 Å². The van der Waals surface area contributed by atoms with Gasteiger partial charge >= 0.3 is 0 Å². The molecule has 0 saturated heterocycles. The molecule has 1 aliphatic heterocycles. The van der Waals surface area contributed by atoms with Crippen molar-refractivity contribution < 1.29 is 14.3 Å². The molecular formula is C24H26N4O4S. The summed E-state index contributed by atoms with van der Waals surface area (Å²) in [5.74, 6) is 0.138. The highest BCUT2D eigenvalue weighted by molar-refractivity contribution is 7.18. The first-order valence-electron chi connectivity index (χ1n) is 11.2. The average molecular weight is 467 g/mol. The summed E-state index contributed by atoms with van der Waals surface area (Å²) in [4.78, 5) is 48.6. The summed E-state index contributed by atoms with van der Waals surface area (Å²) in [7, 11) is 3.33. The van der Waals surface area contributed by atoms with Gasteiger partial charge in [0.1, 0.15) is 10.6 Å². The molecule has 0 radical (unpaired) electrons. The molecule has 8 nitrogen and oxygen atoms in total. The summed E-state index contributed by atoms with van der Waals surface area (Å²) in [6, 6.07) is 7.21. The van der Waals surface area contributed by atoms with Gasteiger partial charge in [0.15, 0.2) is 6.10 Å². The van der Waals surface area contributed by atoms with Crippen molar-refractivity contribution in [1.82, 2.24) is 14.5 Å². The van der Waals surface area contributed by atoms with Crippen LogP contribution in [-0.2, 0) is 29.0 Å². The predicted octanol–water partition coefficient (Wildman–Crippen LogP) is 2.61. The second-order valence-corrected chi connectivity index (χ2v) is 9.78. The second kappa shape index (κ2) is 8.62. The number of nitrogens with zero attached hydrogens (tertiary/aromatic N) is 4. The number of fused-ring (bicyclic) bond motifs is 4. The molecule has 0 spiro atoms. The first-order chi connectivity index (χ1) is 15.9. The Balaban J connectivity index is 1.38. The number of carbonyl (C=O) groups excluding carboxylic acids is 2. The highest BCUT2D eigenvalue weighted by Gasteiger charge is 2.34. The number of para-hydroxylation sites is 2. The van der Waals surface area contributed by atoms with Crippen molar-refractivity contribution in [2.45, 2.75) is 44.8 Å². The summed E-state index contributed by atoms with van der Waals surface area (Å²) in [5.41, 5.74) is 1.71. The van der Waals surface area contributed by atoms with E-state index in [1.54, 1.807) is 48.8 Å². The van der Waals surface area contributed by atoms with Gasteiger partial charge in [0.05, 0.1) is 23.9 Å². The van der Waals surface area contributed by atoms with Crippen LogP contribution in [-0.4, -0.2) is 53.0 Å². The average Bonchev–Trinajstić information content (AvgIpc) is 3.21. The number of anilines is 1. The molecule has 0 unspecified atom stereocenters. The lowest BCUT2D eigenvalue weighted by Gasteiger charge is -2.35. The number of likely N-dealkylation sites (N-methyl/N-ethyl adjacent to an activating group) is 1. The molecule has 3 heterocycles. The summed E-state index contributed by atoms with van der Waals surface area (Å²) in [6.45, 7) is 0.369. The van der Waals surface area contributed by atoms with E-state index < -0.39 is 6.10 Å². The summed E-state index contributed by atoms with van der Waals surface area (Å²) in [6.07, 6.45) is 5.08. The Bertz CT molecular complexity index is 1300. The third-order valence-corrected chi connectivity index (χ3v) is 7.50. The smallest absolute Gasteiger partial charge is 0.265 e. The summed E-state index contributed by atoms with van der Waals surface area (Å²) >= 11 is 1.62. The van der Waals surface area contributed by atoms with Gasteiger partial charge in [-0.25, -0.2) is 4.98 Å². The fourth-order valence-corrected chi connectivity index (χ4v) is 5.80. The Morgan fingerprint density at radius 2 is 2.00 bits per heavy atom. The van der Waals surface area contributed by atoms with E-state index in [1.165, 1.54) is 14.3 Å². The van der Waals surface area contributed by atoms with Gasteiger partial charge in [-0.15, -0.1) is 11.3 Å². The Hall–Kier alpha value is -3.20. The standard InChI is InChI=1S/C24H26N4O4S/c1-26(2)23(30)18-13-28(16-8-4-5-9-17(16)32-18)20(29)11-12-27-14-25-22-21(24(27)31)15-7-3-6-10-19(15)33-22/h4-5,8-9,14,18H,3,6-7,10-13H2,1-2H3/t18-/m1/s1. The van der Waals surface area contributed by atoms with Crippen molar-refractivity contribution in [3.63, 3.8) is 0 Å². The molecule has 2 aliphatic rings. The van der Waals surface area contributed by atoms with Crippen LogP contribution in [0.2, 0.25) is 0 Å². The number of hydrogen-bond acceptors (Lipinski definition) is 6. The largest absolute Gasteiger partial charge is 0.476 e. The van der Waals surface area contributed by atoms with Crippen molar-refractivity contribution in [2.24, 2.45) is 0 Å². The number of aromatic nitrogens is 2. The Morgan fingerprint density at radius 1 is 1.21 bits per heavy atom. The maximum Gasteiger partial charge on any atom is 0.265 e. The fourth-order valence-electron chi connectivity index (χ4n) is 4.58. The first-order valence-corrected chi connectivity index (χ1v) is 12.0. The van der Waals surface area contributed by atoms with Crippen molar-refractivity contribution in [3.05, 3.63) is 51.4 Å². The molecule has 0 fully saturated rings. The number of benzene rings is 1. The van der Waals surface area contributed by atoms with Gasteiger partial charge in [-0.05, 0) is 43.4 Å². The Kier molecular flexibility index (Phi) is 5.65. The van der Waals surface area contributed by atoms with Crippen molar-refractivity contribution in [1.29, 1.82) is 0 Å². The molecule has 0 bridgehead atoms. The minimum Gasteiger partial charge on any atom is -0.476 e. The SMILES string of the molecule is CN(C)C(=O)[C@H]1CN(C(=O)CCn2cnc3sc4c(c3c2=O)CCCC4)c2ccccc2O1. The maximum absolute atomic E-state index is 13.2. The normalized spacial score (nSPS) is 17.3. The minimum atomic E-state index is -0.767. The van der Waals surface area contributed by atoms with E-state index in [4.69, 9.17) is 4.74 Å². The predicted molar refractivity (Wildman–Crippen MR) is 127 cm³/mol. The van der Waals surface area contributed by atoms with Gasteiger partial charge in [-0.2, -0.15) is 0 Å². The lowest BCUT2D eigenvalue weighted by atomic mass is 9.97. The molecule has 5 rings (SSSR count). The number of carbonyl (C=O) groups is 2. The molecule has 1 aromatic carbocycles. The van der Waals surface area contributed by atoms with Gasteiger partial charge in [-0.3, -0.25) is 19.0 Å². The van der Waals surface area contributed by atoms with E-state index >= 15 is 0 Å². The lowest BCUT2D eigenvalue weighted by Crippen LogP contribution is -2.50. The molecule has 0 N–H and O–H groups in total. The van der Waals surface area contributed by atoms with E-state index in [0.29, 0.717) is 11.4 Å². The molecular weight excluding hydrogens is 440 g/mol. The van der Waals surface area contributed by atoms with Crippen molar-refractivity contribution in [2.75, 3.05) is 25.5 Å². The number of hydrogen-bond donors (Lipinski definition) is 0. The van der Waals surface area contributed by atoms with Crippen LogP contribution in [0.5, 0.6) is 5.75 Å². The first kappa shape index (κ1) is 21.6. The molecule has 33 heavy (non-hydrogen) atoms. The molecule has 172 valence electrons. The Morgan fingerprint density at radius 3 is 2.82 bits per heavy atom. The van der Waals surface area contributed by atoms with Crippen LogP contribution in [0, 0.1) is 0 Å². The number of aryl methyl sites for hydroxylation is 3. The highest BCUT2D eigenvalue weighted by Crippen LogP contribution is 2.35. The number of rotatable bonds is 4. The van der Waals surface area contributed by atoms with Crippen LogP contribution in [0.1, 0.15) is 29.7 Å². The minimum absolute atomic E-state index is 0.0739. The topological polar surface area (TPSA) is 84.7 Å². The molecule has 3 aromatic rings. The highest BCUT2D eigenvalue weighted by atomic mass is 32.1. The van der Waals surface area contributed by atoms with Crippen LogP contribution in [0.25, 0.3) is 10.2 Å². The Labute approximate surface area is 195 Å². The quantitative estimate of drug-likeness (QED) is 0.590. The van der Waals surface area contributed by atoms with E-state index in [-0.39, 0.29) is 36.9 Å². The van der Waals surface area contributed by atoms with Crippen LogP contribution in [0.4, 0.5) is 5.69 Å². The van der Waals surface area contributed by atoms with Crippen LogP contribution < -0.4 is 15.2 Å². The zero-order chi connectivity index (χ0) is 23.1. The molecule has 2 aromatic heterocycles. The number of thiophene rings is 1. The van der Waals surface area contributed by atoms with Crippen molar-refractivity contribution >= 4 is 39.1 Å². The zero-order valence-electron chi connectivity index (χ0n) is 18.7. The molecule has 0 saturated carbocycles. The van der Waals surface area contributed by atoms with Crippen molar-refractivity contribution in [3.8, 4) is 5.75 Å². The lowest BCUT2D eigenvalue weighted by molar-refractivity contribution is -0.136. The summed E-state index contributed by atoms with van der Waals surface area (Å²) in [5, 5.41) is 0.720. The van der Waals surface area contributed by atoms with Crippen LogP contribution >= 0.6 is 11.3 Å². The zero-order valence-corrected chi connectivity index (χ0v) is 19.6. The van der Waals surface area contributed by atoms with Crippen LogP contribution in [0.15, 0.2) is 35.4 Å². The van der Waals surface area contributed by atoms with Gasteiger partial charge < -0.3 is 14.5 Å². The third kappa shape index (κ3) is 3.90. The van der Waals surface area contributed by atoms with E-state index in [2.05, 4.69) is 4.98 Å². The molecule has 1 aliphatic carbocycles. The number of ether oxygens (including phenoxy) is 1. The summed E-state index contributed by atoms with van der Waals surface area (Å²) < 4.78 is 7.40. The number of amides is 2. The van der Waals surface area contributed by atoms with Gasteiger partial charge in [0, 0.05) is 31.9 Å². The maximum atomic E-state index is 13.2. The fraction of sp³-hybridized carbons (Fsp3) is 0.417.